The number of nitrogens with one attached hydrogen (secondary N) is 1. The van der Waals surface area contributed by atoms with E-state index in [1.165, 1.54) is 37.8 Å². The van der Waals surface area contributed by atoms with E-state index in [1.807, 2.05) is 0 Å². The van der Waals surface area contributed by atoms with E-state index in [4.69, 9.17) is 9.97 Å². The Hall–Kier alpha value is -1.12. The zero-order chi connectivity index (χ0) is 14.2. The highest BCUT2D eigenvalue weighted by Gasteiger charge is 2.48. The fraction of sp³-hybridized carbons (Fsp3) is 0.765. The molecule has 1 N–H and O–H groups in total. The fourth-order valence-electron chi connectivity index (χ4n) is 3.32. The number of hydrogen-bond donors (Lipinski definition) is 1. The molecule has 2 aliphatic carbocycles. The van der Waals surface area contributed by atoms with Gasteiger partial charge in [0.2, 0.25) is 0 Å². The molecular formula is C17H27N3. The molecule has 20 heavy (non-hydrogen) atoms. The summed E-state index contributed by atoms with van der Waals surface area (Å²) in [5, 5.41) is 3.46. The van der Waals surface area contributed by atoms with Gasteiger partial charge in [0.1, 0.15) is 11.6 Å². The summed E-state index contributed by atoms with van der Waals surface area (Å²) in [7, 11) is 0. The largest absolute Gasteiger partial charge is 0.370 e. The summed E-state index contributed by atoms with van der Waals surface area (Å²) in [6, 6.07) is 2.20. The van der Waals surface area contributed by atoms with Gasteiger partial charge >= 0.3 is 0 Å². The predicted octanol–water partition coefficient (Wildman–Crippen LogP) is 4.47. The average Bonchev–Trinajstić information content (AvgIpc) is 2.87. The van der Waals surface area contributed by atoms with E-state index in [9.17, 15) is 0 Å². The molecular weight excluding hydrogens is 246 g/mol. The lowest BCUT2D eigenvalue weighted by molar-refractivity contribution is 0.601. The average molecular weight is 273 g/mol. The van der Waals surface area contributed by atoms with Gasteiger partial charge in [-0.25, -0.2) is 9.97 Å². The van der Waals surface area contributed by atoms with E-state index in [0.29, 0.717) is 17.3 Å². The Balaban J connectivity index is 1.86. The molecule has 0 aromatic carbocycles. The molecule has 3 heteroatoms. The van der Waals surface area contributed by atoms with Crippen molar-refractivity contribution < 1.29 is 0 Å². The van der Waals surface area contributed by atoms with Crippen LogP contribution in [0.5, 0.6) is 0 Å². The van der Waals surface area contributed by atoms with Crippen LogP contribution in [0.1, 0.15) is 82.7 Å². The molecule has 0 spiro atoms. The van der Waals surface area contributed by atoms with Crippen LogP contribution >= 0.6 is 0 Å². The number of aromatic nitrogens is 2. The number of nitrogens with zero attached hydrogens (tertiary/aromatic N) is 2. The Bertz CT molecular complexity index is 452. The van der Waals surface area contributed by atoms with Crippen molar-refractivity contribution in [1.29, 1.82) is 0 Å². The van der Waals surface area contributed by atoms with Crippen LogP contribution < -0.4 is 5.32 Å². The molecule has 0 aliphatic heterocycles. The zero-order valence-electron chi connectivity index (χ0n) is 13.1. The molecule has 0 amide bonds. The minimum absolute atomic E-state index is 0.399. The molecule has 0 radical (unpaired) electrons. The van der Waals surface area contributed by atoms with Gasteiger partial charge in [-0.3, -0.25) is 0 Å². The van der Waals surface area contributed by atoms with Gasteiger partial charge in [0.25, 0.3) is 0 Å². The van der Waals surface area contributed by atoms with E-state index < -0.39 is 0 Å². The maximum atomic E-state index is 4.93. The summed E-state index contributed by atoms with van der Waals surface area (Å²) >= 11 is 0. The van der Waals surface area contributed by atoms with Gasteiger partial charge in [0, 0.05) is 30.1 Å². The summed E-state index contributed by atoms with van der Waals surface area (Å²) in [6.07, 6.45) is 7.68. The van der Waals surface area contributed by atoms with E-state index in [1.54, 1.807) is 0 Å². The smallest absolute Gasteiger partial charge is 0.134 e. The van der Waals surface area contributed by atoms with E-state index >= 15 is 0 Å². The zero-order valence-corrected chi connectivity index (χ0v) is 13.1. The first-order valence-corrected chi connectivity index (χ1v) is 8.23. The van der Waals surface area contributed by atoms with Gasteiger partial charge in [0.05, 0.1) is 0 Å². The second kappa shape index (κ2) is 5.34. The van der Waals surface area contributed by atoms with Crippen molar-refractivity contribution >= 4 is 5.82 Å². The van der Waals surface area contributed by atoms with Crippen molar-refractivity contribution in [3.63, 3.8) is 0 Å². The third-order valence-electron chi connectivity index (χ3n) is 4.92. The monoisotopic (exact) mass is 273 g/mol. The predicted molar refractivity (Wildman–Crippen MR) is 83.2 cm³/mol. The summed E-state index contributed by atoms with van der Waals surface area (Å²) in [5.74, 6) is 3.35. The highest BCUT2D eigenvalue weighted by molar-refractivity contribution is 5.39. The first kappa shape index (κ1) is 13.8. The van der Waals surface area contributed by atoms with Crippen LogP contribution in [0.25, 0.3) is 0 Å². The third-order valence-corrected chi connectivity index (χ3v) is 4.92. The highest BCUT2D eigenvalue weighted by atomic mass is 15.0. The summed E-state index contributed by atoms with van der Waals surface area (Å²) in [4.78, 5) is 9.71. The Morgan fingerprint density at radius 2 is 1.95 bits per heavy atom. The number of hydrogen-bond acceptors (Lipinski definition) is 3. The van der Waals surface area contributed by atoms with Crippen molar-refractivity contribution in [2.75, 3.05) is 11.9 Å². The minimum Gasteiger partial charge on any atom is -0.370 e. The molecule has 2 saturated carbocycles. The van der Waals surface area contributed by atoms with Crippen LogP contribution in [0.2, 0.25) is 0 Å². The van der Waals surface area contributed by atoms with Crippen molar-refractivity contribution in [1.82, 2.24) is 9.97 Å². The maximum Gasteiger partial charge on any atom is 0.134 e. The minimum atomic E-state index is 0.399. The molecule has 1 aromatic heterocycles. The second-order valence-corrected chi connectivity index (χ2v) is 7.19. The lowest BCUT2D eigenvalue weighted by Gasteiger charge is -2.14. The number of anilines is 1. The Kier molecular flexibility index (Phi) is 3.70. The Morgan fingerprint density at radius 3 is 2.55 bits per heavy atom. The van der Waals surface area contributed by atoms with Gasteiger partial charge in [-0.2, -0.15) is 0 Å². The summed E-state index contributed by atoms with van der Waals surface area (Å²) in [6.45, 7) is 7.83. The van der Waals surface area contributed by atoms with Crippen LogP contribution in [0.15, 0.2) is 6.07 Å². The normalized spacial score (nSPS) is 24.9. The van der Waals surface area contributed by atoms with Crippen molar-refractivity contribution in [3.05, 3.63) is 17.6 Å². The quantitative estimate of drug-likeness (QED) is 0.860. The maximum absolute atomic E-state index is 4.93. The molecule has 1 aromatic rings. The molecule has 2 aliphatic rings. The van der Waals surface area contributed by atoms with Crippen molar-refractivity contribution in [2.45, 2.75) is 71.1 Å². The lowest BCUT2D eigenvalue weighted by Crippen LogP contribution is -2.09. The van der Waals surface area contributed by atoms with Gasteiger partial charge < -0.3 is 5.32 Å². The topological polar surface area (TPSA) is 37.8 Å². The summed E-state index contributed by atoms with van der Waals surface area (Å²) in [5.41, 5.74) is 1.69. The Labute approximate surface area is 122 Å². The van der Waals surface area contributed by atoms with E-state index in [2.05, 4.69) is 32.2 Å². The standard InChI is InChI=1S/C17H27N3/c1-4-9-18-15-10-14(12-7-5-6-8-12)19-16(20-15)13-11-17(13,2)3/h10,12-13H,4-9,11H2,1-3H3,(H,18,19,20). The van der Waals surface area contributed by atoms with E-state index in [0.717, 1.165) is 24.6 Å². The molecule has 0 saturated heterocycles. The van der Waals surface area contributed by atoms with Crippen LogP contribution in [-0.2, 0) is 0 Å². The van der Waals surface area contributed by atoms with Crippen LogP contribution in [0, 0.1) is 5.41 Å². The number of rotatable bonds is 5. The van der Waals surface area contributed by atoms with Crippen molar-refractivity contribution in [3.8, 4) is 0 Å². The van der Waals surface area contributed by atoms with Crippen LogP contribution in [0.4, 0.5) is 5.82 Å². The second-order valence-electron chi connectivity index (χ2n) is 7.19. The van der Waals surface area contributed by atoms with E-state index in [-0.39, 0.29) is 0 Å². The third kappa shape index (κ3) is 2.82. The molecule has 1 atom stereocenters. The van der Waals surface area contributed by atoms with Gasteiger partial charge in [-0.05, 0) is 31.1 Å². The molecule has 3 nitrogen and oxygen atoms in total. The first-order valence-electron chi connectivity index (χ1n) is 8.23. The first-order chi connectivity index (χ1) is 9.60. The molecule has 2 fully saturated rings. The highest BCUT2D eigenvalue weighted by Crippen LogP contribution is 2.57. The van der Waals surface area contributed by atoms with Crippen LogP contribution in [-0.4, -0.2) is 16.5 Å². The van der Waals surface area contributed by atoms with Crippen LogP contribution in [0.3, 0.4) is 0 Å². The Morgan fingerprint density at radius 1 is 1.25 bits per heavy atom. The SMILES string of the molecule is CCCNc1cc(C2CCCC2)nc(C2CC2(C)C)n1. The van der Waals surface area contributed by atoms with Gasteiger partial charge in [0.15, 0.2) is 0 Å². The fourth-order valence-corrected chi connectivity index (χ4v) is 3.32. The lowest BCUT2D eigenvalue weighted by atomic mass is 10.0. The molecule has 0 bridgehead atoms. The summed E-state index contributed by atoms with van der Waals surface area (Å²) < 4.78 is 0. The molecule has 1 heterocycles. The molecule has 110 valence electrons. The van der Waals surface area contributed by atoms with Crippen molar-refractivity contribution in [2.24, 2.45) is 5.41 Å². The molecule has 3 rings (SSSR count). The molecule has 1 unspecified atom stereocenters. The van der Waals surface area contributed by atoms with Gasteiger partial charge in [-0.15, -0.1) is 0 Å². The van der Waals surface area contributed by atoms with Gasteiger partial charge in [-0.1, -0.05) is 33.6 Å².